The molecular formula is C12H18ClN3O. The molecule has 4 nitrogen and oxygen atoms in total. The number of anilines is 2. The van der Waals surface area contributed by atoms with Gasteiger partial charge in [0.1, 0.15) is 11.0 Å². The molecule has 3 N–H and O–H groups in total. The van der Waals surface area contributed by atoms with Gasteiger partial charge in [-0.3, -0.25) is 0 Å². The number of nitrogens with two attached hydrogens (primary N) is 1. The highest BCUT2D eigenvalue weighted by Crippen LogP contribution is 2.26. The van der Waals surface area contributed by atoms with E-state index in [2.05, 4.69) is 9.88 Å². The van der Waals surface area contributed by atoms with Crippen molar-refractivity contribution in [3.63, 3.8) is 0 Å². The second-order valence-corrected chi connectivity index (χ2v) is 4.94. The van der Waals surface area contributed by atoms with Crippen LogP contribution in [-0.4, -0.2) is 29.8 Å². The van der Waals surface area contributed by atoms with Gasteiger partial charge in [0.2, 0.25) is 0 Å². The van der Waals surface area contributed by atoms with E-state index in [1.807, 2.05) is 6.07 Å². The fourth-order valence-corrected chi connectivity index (χ4v) is 2.57. The van der Waals surface area contributed by atoms with Gasteiger partial charge in [-0.2, -0.15) is 0 Å². The van der Waals surface area contributed by atoms with E-state index in [0.717, 1.165) is 31.7 Å². The van der Waals surface area contributed by atoms with Gasteiger partial charge in [0.15, 0.2) is 0 Å². The minimum atomic E-state index is 0.254. The van der Waals surface area contributed by atoms with Crippen LogP contribution < -0.4 is 10.6 Å². The van der Waals surface area contributed by atoms with Crippen molar-refractivity contribution in [1.82, 2.24) is 4.98 Å². The zero-order chi connectivity index (χ0) is 12.3. The number of aliphatic hydroxyl groups excluding tert-OH is 1. The van der Waals surface area contributed by atoms with Gasteiger partial charge < -0.3 is 15.7 Å². The molecule has 1 aliphatic rings. The molecule has 0 aromatic carbocycles. The third-order valence-electron chi connectivity index (χ3n) is 3.18. The molecule has 0 aliphatic carbocycles. The summed E-state index contributed by atoms with van der Waals surface area (Å²) < 4.78 is 0. The van der Waals surface area contributed by atoms with Crippen LogP contribution in [0.4, 0.5) is 11.5 Å². The maximum Gasteiger partial charge on any atom is 0.133 e. The maximum absolute atomic E-state index is 8.99. The van der Waals surface area contributed by atoms with Crippen LogP contribution in [0.15, 0.2) is 12.1 Å². The summed E-state index contributed by atoms with van der Waals surface area (Å²) in [6.45, 7) is 2.16. The number of aromatic nitrogens is 1. The van der Waals surface area contributed by atoms with Crippen LogP contribution in [0.2, 0.25) is 5.15 Å². The molecule has 2 rings (SSSR count). The van der Waals surface area contributed by atoms with Crippen LogP contribution in [0.3, 0.4) is 0 Å². The van der Waals surface area contributed by atoms with Crippen molar-refractivity contribution < 1.29 is 5.11 Å². The summed E-state index contributed by atoms with van der Waals surface area (Å²) in [5.41, 5.74) is 6.41. The molecule has 1 aliphatic heterocycles. The van der Waals surface area contributed by atoms with Gasteiger partial charge in [0.05, 0.1) is 0 Å². The molecule has 0 bridgehead atoms. The molecule has 0 spiro atoms. The van der Waals surface area contributed by atoms with Gasteiger partial charge in [-0.15, -0.1) is 0 Å². The zero-order valence-electron chi connectivity index (χ0n) is 9.77. The number of piperidine rings is 1. The van der Waals surface area contributed by atoms with Crippen LogP contribution in [0.5, 0.6) is 0 Å². The molecular weight excluding hydrogens is 238 g/mol. The van der Waals surface area contributed by atoms with E-state index in [1.54, 1.807) is 6.07 Å². The summed E-state index contributed by atoms with van der Waals surface area (Å²) in [6, 6.07) is 3.51. The minimum Gasteiger partial charge on any atom is -0.399 e. The summed E-state index contributed by atoms with van der Waals surface area (Å²) in [4.78, 5) is 6.50. The van der Waals surface area contributed by atoms with E-state index in [9.17, 15) is 0 Å². The highest BCUT2D eigenvalue weighted by molar-refractivity contribution is 6.29. The lowest BCUT2D eigenvalue weighted by atomic mass is 9.95. The average molecular weight is 256 g/mol. The Morgan fingerprint density at radius 2 is 2.35 bits per heavy atom. The standard InChI is InChI=1S/C12H18ClN3O/c13-11-6-10(14)7-12(15-11)16-4-1-2-9(8-16)3-5-17/h6-7,9,17H,1-5,8H2,(H2,14,15). The fourth-order valence-electron chi connectivity index (χ4n) is 2.36. The van der Waals surface area contributed by atoms with E-state index in [1.165, 1.54) is 6.42 Å². The zero-order valence-corrected chi connectivity index (χ0v) is 10.5. The first-order valence-electron chi connectivity index (χ1n) is 5.98. The topological polar surface area (TPSA) is 62.4 Å². The van der Waals surface area contributed by atoms with Crippen LogP contribution in [0.25, 0.3) is 0 Å². The molecule has 94 valence electrons. The summed E-state index contributed by atoms with van der Waals surface area (Å²) in [5, 5.41) is 9.42. The number of hydrogen-bond donors (Lipinski definition) is 2. The molecule has 17 heavy (non-hydrogen) atoms. The molecule has 0 radical (unpaired) electrons. The van der Waals surface area contributed by atoms with E-state index in [0.29, 0.717) is 16.8 Å². The normalized spacial score (nSPS) is 20.6. The largest absolute Gasteiger partial charge is 0.399 e. The highest BCUT2D eigenvalue weighted by Gasteiger charge is 2.20. The van der Waals surface area contributed by atoms with Crippen LogP contribution in [-0.2, 0) is 0 Å². The Labute approximate surface area is 106 Å². The molecule has 1 aromatic rings. The summed E-state index contributed by atoms with van der Waals surface area (Å²) in [7, 11) is 0. The number of nitrogen functional groups attached to an aromatic ring is 1. The summed E-state index contributed by atoms with van der Waals surface area (Å²) >= 11 is 5.91. The van der Waals surface area contributed by atoms with E-state index >= 15 is 0 Å². The fraction of sp³-hybridized carbons (Fsp3) is 0.583. The molecule has 2 heterocycles. The van der Waals surface area contributed by atoms with E-state index in [-0.39, 0.29) is 6.61 Å². The van der Waals surface area contributed by atoms with Crippen LogP contribution in [0, 0.1) is 5.92 Å². The van der Waals surface area contributed by atoms with Gasteiger partial charge in [-0.05, 0) is 31.2 Å². The van der Waals surface area contributed by atoms with Crippen molar-refractivity contribution in [2.75, 3.05) is 30.3 Å². The quantitative estimate of drug-likeness (QED) is 0.810. The van der Waals surface area contributed by atoms with Gasteiger partial charge in [-0.1, -0.05) is 11.6 Å². The lowest BCUT2D eigenvalue weighted by molar-refractivity contribution is 0.244. The molecule has 1 saturated heterocycles. The smallest absolute Gasteiger partial charge is 0.133 e. The summed E-state index contributed by atoms with van der Waals surface area (Å²) in [6.07, 6.45) is 3.15. The van der Waals surface area contributed by atoms with Crippen LogP contribution >= 0.6 is 11.6 Å². The monoisotopic (exact) mass is 255 g/mol. The molecule has 1 unspecified atom stereocenters. The van der Waals surface area contributed by atoms with Gasteiger partial charge in [0, 0.05) is 31.5 Å². The van der Waals surface area contributed by atoms with Crippen molar-refractivity contribution in [1.29, 1.82) is 0 Å². The lowest BCUT2D eigenvalue weighted by Crippen LogP contribution is -2.36. The number of pyridine rings is 1. The highest BCUT2D eigenvalue weighted by atomic mass is 35.5. The number of aliphatic hydroxyl groups is 1. The number of hydrogen-bond acceptors (Lipinski definition) is 4. The van der Waals surface area contributed by atoms with Crippen molar-refractivity contribution >= 4 is 23.1 Å². The third-order valence-corrected chi connectivity index (χ3v) is 3.38. The minimum absolute atomic E-state index is 0.254. The molecule has 1 fully saturated rings. The predicted octanol–water partition coefficient (Wildman–Crippen LogP) is 1.92. The predicted molar refractivity (Wildman–Crippen MR) is 70.3 cm³/mol. The first-order chi connectivity index (χ1) is 8.19. The van der Waals surface area contributed by atoms with Gasteiger partial charge >= 0.3 is 0 Å². The Balaban J connectivity index is 2.10. The Morgan fingerprint density at radius 1 is 1.53 bits per heavy atom. The van der Waals surface area contributed by atoms with E-state index in [4.69, 9.17) is 22.4 Å². The molecule has 1 atom stereocenters. The van der Waals surface area contributed by atoms with Crippen molar-refractivity contribution in [2.24, 2.45) is 5.92 Å². The number of nitrogens with zero attached hydrogens (tertiary/aromatic N) is 2. The molecule has 0 amide bonds. The Hall–Kier alpha value is -1.00. The first-order valence-corrected chi connectivity index (χ1v) is 6.35. The molecule has 1 aromatic heterocycles. The second-order valence-electron chi connectivity index (χ2n) is 4.55. The third kappa shape index (κ3) is 3.23. The number of halogens is 1. The average Bonchev–Trinajstić information content (AvgIpc) is 2.28. The van der Waals surface area contributed by atoms with Crippen molar-refractivity contribution in [3.05, 3.63) is 17.3 Å². The van der Waals surface area contributed by atoms with Gasteiger partial charge in [0.25, 0.3) is 0 Å². The van der Waals surface area contributed by atoms with Gasteiger partial charge in [-0.25, -0.2) is 4.98 Å². The Morgan fingerprint density at radius 3 is 3.06 bits per heavy atom. The first kappa shape index (κ1) is 12.5. The maximum atomic E-state index is 8.99. The van der Waals surface area contributed by atoms with Crippen molar-refractivity contribution in [3.8, 4) is 0 Å². The second kappa shape index (κ2) is 5.56. The molecule has 0 saturated carbocycles. The van der Waals surface area contributed by atoms with Crippen molar-refractivity contribution in [2.45, 2.75) is 19.3 Å². The SMILES string of the molecule is Nc1cc(Cl)nc(N2CCCC(CCO)C2)c1. The van der Waals surface area contributed by atoms with E-state index < -0.39 is 0 Å². The van der Waals surface area contributed by atoms with Crippen LogP contribution in [0.1, 0.15) is 19.3 Å². The number of rotatable bonds is 3. The molecule has 5 heteroatoms. The Bertz CT molecular complexity index is 364. The summed E-state index contributed by atoms with van der Waals surface area (Å²) in [5.74, 6) is 1.38. The Kier molecular flexibility index (Phi) is 4.07. The lowest BCUT2D eigenvalue weighted by Gasteiger charge is -2.33.